The second-order valence-electron chi connectivity index (χ2n) is 7.22. The topological polar surface area (TPSA) is 83.5 Å². The van der Waals surface area contributed by atoms with Crippen LogP contribution in [-0.2, 0) is 9.53 Å². The van der Waals surface area contributed by atoms with E-state index in [-0.39, 0.29) is 31.2 Å². The first kappa shape index (κ1) is 17.2. The molecular weight excluding hydrogens is 364 g/mol. The molecule has 0 saturated carbocycles. The summed E-state index contributed by atoms with van der Waals surface area (Å²) < 4.78 is 27.2. The van der Waals surface area contributed by atoms with Crippen LogP contribution in [0.15, 0.2) is 30.3 Å². The number of cyclic esters (lactones) is 1. The molecule has 0 aromatic heterocycles. The maximum atomic E-state index is 12.6. The first-order chi connectivity index (χ1) is 13.6. The second-order valence-corrected chi connectivity index (χ2v) is 7.22. The SMILES string of the molecule is COc1cc(OC)cc(C2c3cc4c(cc3[C@H](O)[C@H]3COC(=O)[C@@H]23)OCO4)c1. The number of methoxy groups -OCH3 is 2. The van der Waals surface area contributed by atoms with E-state index in [4.69, 9.17) is 23.7 Å². The summed E-state index contributed by atoms with van der Waals surface area (Å²) in [5.74, 6) is 1.01. The molecule has 1 fully saturated rings. The standard InChI is InChI=1S/C21H20O7/c1-24-11-3-10(4-12(5-11)25-2)18-13-6-16-17(28-9-27-16)7-14(13)20(22)15-8-26-21(23)19(15)18/h3-7,15,18-20,22H,8-9H2,1-2H3/t15-,18?,19+,20-/m0/s1. The average molecular weight is 384 g/mol. The van der Waals surface area contributed by atoms with Crippen LogP contribution in [-0.4, -0.2) is 38.7 Å². The van der Waals surface area contributed by atoms with E-state index in [2.05, 4.69) is 0 Å². The van der Waals surface area contributed by atoms with Crippen molar-refractivity contribution >= 4 is 5.97 Å². The molecule has 0 spiro atoms. The predicted molar refractivity (Wildman–Crippen MR) is 96.9 cm³/mol. The van der Waals surface area contributed by atoms with Crippen LogP contribution in [0.2, 0.25) is 0 Å². The first-order valence-electron chi connectivity index (χ1n) is 9.12. The van der Waals surface area contributed by atoms with Gasteiger partial charge in [-0.15, -0.1) is 0 Å². The van der Waals surface area contributed by atoms with E-state index in [1.807, 2.05) is 24.3 Å². The molecule has 0 radical (unpaired) electrons. The van der Waals surface area contributed by atoms with Crippen molar-refractivity contribution in [1.82, 2.24) is 0 Å². The van der Waals surface area contributed by atoms with Crippen molar-refractivity contribution in [3.63, 3.8) is 0 Å². The van der Waals surface area contributed by atoms with Crippen molar-refractivity contribution in [3.8, 4) is 23.0 Å². The van der Waals surface area contributed by atoms with Crippen molar-refractivity contribution in [2.24, 2.45) is 11.8 Å². The molecule has 1 saturated heterocycles. The van der Waals surface area contributed by atoms with E-state index in [0.29, 0.717) is 23.0 Å². The zero-order valence-corrected chi connectivity index (χ0v) is 15.5. The van der Waals surface area contributed by atoms with Gasteiger partial charge in [-0.3, -0.25) is 4.79 Å². The van der Waals surface area contributed by atoms with Gasteiger partial charge in [0.25, 0.3) is 0 Å². The Morgan fingerprint density at radius 2 is 1.57 bits per heavy atom. The normalized spacial score (nSPS) is 27.0. The summed E-state index contributed by atoms with van der Waals surface area (Å²) in [5, 5.41) is 11.0. The summed E-state index contributed by atoms with van der Waals surface area (Å²) in [4.78, 5) is 12.6. The lowest BCUT2D eigenvalue weighted by Crippen LogP contribution is -2.34. The summed E-state index contributed by atoms with van der Waals surface area (Å²) in [5.41, 5.74) is 2.42. The Morgan fingerprint density at radius 3 is 2.21 bits per heavy atom. The summed E-state index contributed by atoms with van der Waals surface area (Å²) in [7, 11) is 3.17. The Labute approximate surface area is 161 Å². The third kappa shape index (κ3) is 2.43. The smallest absolute Gasteiger partial charge is 0.310 e. The molecule has 2 aromatic carbocycles. The van der Waals surface area contributed by atoms with E-state index in [1.165, 1.54) is 0 Å². The number of aliphatic hydroxyl groups excluding tert-OH is 1. The summed E-state index contributed by atoms with van der Waals surface area (Å²) in [6.07, 6.45) is -0.815. The van der Waals surface area contributed by atoms with Crippen LogP contribution in [0.3, 0.4) is 0 Å². The van der Waals surface area contributed by atoms with Crippen LogP contribution in [0, 0.1) is 11.8 Å². The Kier molecular flexibility index (Phi) is 3.87. The highest BCUT2D eigenvalue weighted by atomic mass is 16.7. The number of fused-ring (bicyclic) bond motifs is 3. The molecule has 146 valence electrons. The fourth-order valence-electron chi connectivity index (χ4n) is 4.54. The maximum absolute atomic E-state index is 12.6. The fraction of sp³-hybridized carbons (Fsp3) is 0.381. The van der Waals surface area contributed by atoms with Gasteiger partial charge >= 0.3 is 5.97 Å². The van der Waals surface area contributed by atoms with Gasteiger partial charge in [0.15, 0.2) is 11.5 Å². The number of aliphatic hydroxyl groups is 1. The van der Waals surface area contributed by atoms with Crippen molar-refractivity contribution < 1.29 is 33.6 Å². The molecule has 1 N–H and O–H groups in total. The molecule has 4 atom stereocenters. The second kappa shape index (κ2) is 6.31. The summed E-state index contributed by atoms with van der Waals surface area (Å²) in [6, 6.07) is 9.24. The Morgan fingerprint density at radius 1 is 0.929 bits per heavy atom. The quantitative estimate of drug-likeness (QED) is 0.814. The number of hydrogen-bond acceptors (Lipinski definition) is 7. The zero-order valence-electron chi connectivity index (χ0n) is 15.5. The minimum Gasteiger partial charge on any atom is -0.497 e. The third-order valence-corrected chi connectivity index (χ3v) is 5.88. The van der Waals surface area contributed by atoms with Crippen molar-refractivity contribution in [2.45, 2.75) is 12.0 Å². The van der Waals surface area contributed by atoms with Gasteiger partial charge < -0.3 is 28.8 Å². The number of rotatable bonds is 3. The third-order valence-electron chi connectivity index (χ3n) is 5.88. The van der Waals surface area contributed by atoms with Crippen molar-refractivity contribution in [1.29, 1.82) is 0 Å². The number of carbonyl (C=O) groups excluding carboxylic acids is 1. The van der Waals surface area contributed by atoms with E-state index in [0.717, 1.165) is 16.7 Å². The molecule has 3 aliphatic rings. The molecule has 7 heteroatoms. The molecule has 2 heterocycles. The van der Waals surface area contributed by atoms with Crippen molar-refractivity contribution in [3.05, 3.63) is 47.0 Å². The number of esters is 1. The zero-order chi connectivity index (χ0) is 19.4. The van der Waals surface area contributed by atoms with E-state index in [1.54, 1.807) is 20.3 Å². The highest BCUT2D eigenvalue weighted by Gasteiger charge is 2.52. The summed E-state index contributed by atoms with van der Waals surface area (Å²) >= 11 is 0. The Hall–Kier alpha value is -2.93. The number of ether oxygens (including phenoxy) is 5. The largest absolute Gasteiger partial charge is 0.497 e. The van der Waals surface area contributed by atoms with Gasteiger partial charge in [-0.25, -0.2) is 0 Å². The van der Waals surface area contributed by atoms with Gasteiger partial charge in [0.1, 0.15) is 11.5 Å². The van der Waals surface area contributed by atoms with Crippen LogP contribution in [0.4, 0.5) is 0 Å². The fourth-order valence-corrected chi connectivity index (χ4v) is 4.54. The lowest BCUT2D eigenvalue weighted by atomic mass is 9.66. The molecule has 2 aliphatic heterocycles. The van der Waals surface area contributed by atoms with Gasteiger partial charge in [-0.05, 0) is 41.0 Å². The van der Waals surface area contributed by atoms with Crippen LogP contribution in [0.25, 0.3) is 0 Å². The van der Waals surface area contributed by atoms with Gasteiger partial charge in [0.05, 0.1) is 32.8 Å². The Balaban J connectivity index is 1.73. The molecular formula is C21H20O7. The van der Waals surface area contributed by atoms with Crippen molar-refractivity contribution in [2.75, 3.05) is 27.6 Å². The lowest BCUT2D eigenvalue weighted by molar-refractivity contribution is -0.141. The van der Waals surface area contributed by atoms with Crippen LogP contribution in [0.5, 0.6) is 23.0 Å². The van der Waals surface area contributed by atoms with Crippen LogP contribution >= 0.6 is 0 Å². The first-order valence-corrected chi connectivity index (χ1v) is 9.12. The molecule has 7 nitrogen and oxygen atoms in total. The lowest BCUT2D eigenvalue weighted by Gasteiger charge is -2.36. The minimum atomic E-state index is -0.815. The van der Waals surface area contributed by atoms with E-state index < -0.39 is 12.0 Å². The Bertz CT molecular complexity index is 932. The van der Waals surface area contributed by atoms with Gasteiger partial charge in [-0.1, -0.05) is 0 Å². The average Bonchev–Trinajstić information content (AvgIpc) is 3.33. The monoisotopic (exact) mass is 384 g/mol. The number of carbonyl (C=O) groups is 1. The molecule has 1 aliphatic carbocycles. The molecule has 5 rings (SSSR count). The van der Waals surface area contributed by atoms with Gasteiger partial charge in [0, 0.05) is 17.9 Å². The molecule has 1 unspecified atom stereocenters. The van der Waals surface area contributed by atoms with E-state index in [9.17, 15) is 9.90 Å². The maximum Gasteiger partial charge on any atom is 0.310 e. The number of hydrogen-bond donors (Lipinski definition) is 1. The highest BCUT2D eigenvalue weighted by Crippen LogP contribution is 2.54. The van der Waals surface area contributed by atoms with Crippen LogP contribution < -0.4 is 18.9 Å². The van der Waals surface area contributed by atoms with Gasteiger partial charge in [0.2, 0.25) is 6.79 Å². The number of benzene rings is 2. The minimum absolute atomic E-state index is 0.140. The predicted octanol–water partition coefficient (Wildman–Crippen LogP) is 2.40. The van der Waals surface area contributed by atoms with Crippen LogP contribution in [0.1, 0.15) is 28.7 Å². The van der Waals surface area contributed by atoms with Gasteiger partial charge in [-0.2, -0.15) is 0 Å². The summed E-state index contributed by atoms with van der Waals surface area (Å²) in [6.45, 7) is 0.330. The highest BCUT2D eigenvalue weighted by molar-refractivity contribution is 5.78. The molecule has 2 aromatic rings. The molecule has 28 heavy (non-hydrogen) atoms. The molecule has 0 bridgehead atoms. The van der Waals surface area contributed by atoms with E-state index >= 15 is 0 Å². The molecule has 0 amide bonds.